The number of aromatic nitrogens is 3. The summed E-state index contributed by atoms with van der Waals surface area (Å²) in [6.07, 6.45) is 5.27. The van der Waals surface area contributed by atoms with Crippen molar-refractivity contribution in [3.63, 3.8) is 0 Å². The van der Waals surface area contributed by atoms with Crippen LogP contribution in [0.1, 0.15) is 11.1 Å². The molecule has 0 radical (unpaired) electrons. The fraction of sp³-hybridized carbons (Fsp3) is 0.304. The molecule has 0 atom stereocenters. The molecular formula is C23H27N7O2. The lowest BCUT2D eigenvalue weighted by molar-refractivity contribution is -0.120. The maximum Gasteiger partial charge on any atom is 0.246 e. The van der Waals surface area contributed by atoms with Gasteiger partial charge in [0.2, 0.25) is 11.8 Å². The van der Waals surface area contributed by atoms with Crippen molar-refractivity contribution < 1.29 is 9.53 Å². The number of amides is 1. The minimum Gasteiger partial charge on any atom is -0.473 e. The molecule has 0 bridgehead atoms. The van der Waals surface area contributed by atoms with Crippen LogP contribution in [-0.4, -0.2) is 58.2 Å². The lowest BCUT2D eigenvalue weighted by atomic mass is 10.2. The topological polar surface area (TPSA) is 87.9 Å². The molecule has 1 N–H and O–H groups in total. The van der Waals surface area contributed by atoms with Gasteiger partial charge in [-0.05, 0) is 11.6 Å². The van der Waals surface area contributed by atoms with E-state index in [-0.39, 0.29) is 12.5 Å². The van der Waals surface area contributed by atoms with E-state index in [1.807, 2.05) is 60.6 Å². The monoisotopic (exact) mass is 433 g/mol. The maximum absolute atomic E-state index is 12.7. The van der Waals surface area contributed by atoms with Crippen LogP contribution < -0.4 is 15.0 Å². The third-order valence-corrected chi connectivity index (χ3v) is 5.24. The highest BCUT2D eigenvalue weighted by molar-refractivity contribution is 5.98. The fourth-order valence-electron chi connectivity index (χ4n) is 3.60. The summed E-state index contributed by atoms with van der Waals surface area (Å²) in [5.41, 5.74) is 2.82. The van der Waals surface area contributed by atoms with E-state index in [2.05, 4.69) is 20.4 Å². The van der Waals surface area contributed by atoms with Crippen LogP contribution >= 0.6 is 0 Å². The van der Waals surface area contributed by atoms with Crippen molar-refractivity contribution >= 4 is 17.6 Å². The van der Waals surface area contributed by atoms with Crippen molar-refractivity contribution in [2.75, 3.05) is 31.6 Å². The van der Waals surface area contributed by atoms with Crippen LogP contribution in [0.5, 0.6) is 5.88 Å². The summed E-state index contributed by atoms with van der Waals surface area (Å²) in [4.78, 5) is 25.2. The lowest BCUT2D eigenvalue weighted by Gasteiger charge is -2.35. The summed E-state index contributed by atoms with van der Waals surface area (Å²) >= 11 is 0. The minimum atomic E-state index is 0.0143. The van der Waals surface area contributed by atoms with Crippen molar-refractivity contribution in [3.8, 4) is 5.88 Å². The van der Waals surface area contributed by atoms with Crippen LogP contribution in [0.25, 0.3) is 0 Å². The maximum atomic E-state index is 12.7. The number of hydrogen-bond donors (Lipinski definition) is 1. The Bertz CT molecular complexity index is 1080. The zero-order chi connectivity index (χ0) is 22.3. The number of aliphatic imine (C=N–C) groups is 1. The van der Waals surface area contributed by atoms with Crippen LogP contribution in [0.4, 0.5) is 5.69 Å². The molecule has 1 saturated heterocycles. The fourth-order valence-corrected chi connectivity index (χ4v) is 3.60. The molecular weight excluding hydrogens is 406 g/mol. The normalized spacial score (nSPS) is 14.6. The Balaban J connectivity index is 1.35. The SMILES string of the molecule is CN=C(NCc1cccnc1OCc1ccccc1)N1CCN(c2cnn(C)c2)C(=O)C1. The molecule has 9 heteroatoms. The summed E-state index contributed by atoms with van der Waals surface area (Å²) in [7, 11) is 3.56. The summed E-state index contributed by atoms with van der Waals surface area (Å²) in [6.45, 7) is 2.43. The number of piperazine rings is 1. The van der Waals surface area contributed by atoms with E-state index >= 15 is 0 Å². The van der Waals surface area contributed by atoms with E-state index in [1.54, 1.807) is 29.0 Å². The molecule has 32 heavy (non-hydrogen) atoms. The van der Waals surface area contributed by atoms with Gasteiger partial charge in [-0.15, -0.1) is 0 Å². The Labute approximate surface area is 187 Å². The van der Waals surface area contributed by atoms with Crippen LogP contribution in [-0.2, 0) is 25.0 Å². The van der Waals surface area contributed by atoms with E-state index in [1.165, 1.54) is 0 Å². The lowest BCUT2D eigenvalue weighted by Crippen LogP contribution is -2.55. The Morgan fingerprint density at radius 2 is 2.03 bits per heavy atom. The molecule has 0 saturated carbocycles. The minimum absolute atomic E-state index is 0.0143. The van der Waals surface area contributed by atoms with Gasteiger partial charge in [0.1, 0.15) is 13.2 Å². The number of hydrogen-bond acceptors (Lipinski definition) is 5. The zero-order valence-electron chi connectivity index (χ0n) is 18.3. The van der Waals surface area contributed by atoms with Gasteiger partial charge in [0.25, 0.3) is 0 Å². The van der Waals surface area contributed by atoms with Gasteiger partial charge in [-0.1, -0.05) is 36.4 Å². The highest BCUT2D eigenvalue weighted by Crippen LogP contribution is 2.18. The molecule has 1 amide bonds. The molecule has 3 aromatic rings. The van der Waals surface area contributed by atoms with Gasteiger partial charge < -0.3 is 19.9 Å². The van der Waals surface area contributed by atoms with Crippen LogP contribution in [0.15, 0.2) is 66.0 Å². The second-order valence-electron chi connectivity index (χ2n) is 7.48. The first-order valence-electron chi connectivity index (χ1n) is 10.5. The average molecular weight is 434 g/mol. The molecule has 1 aliphatic rings. The van der Waals surface area contributed by atoms with Crippen LogP contribution in [0.2, 0.25) is 0 Å². The molecule has 0 spiro atoms. The molecule has 3 heterocycles. The number of ether oxygens (including phenoxy) is 1. The first kappa shape index (κ1) is 21.4. The van der Waals surface area contributed by atoms with Crippen molar-refractivity contribution in [1.82, 2.24) is 25.0 Å². The smallest absolute Gasteiger partial charge is 0.246 e. The van der Waals surface area contributed by atoms with E-state index in [0.717, 1.165) is 16.8 Å². The predicted octanol–water partition coefficient (Wildman–Crippen LogP) is 1.82. The summed E-state index contributed by atoms with van der Waals surface area (Å²) < 4.78 is 7.64. The summed E-state index contributed by atoms with van der Waals surface area (Å²) in [5, 5.41) is 7.50. The third kappa shape index (κ3) is 5.05. The number of anilines is 1. The molecule has 0 aliphatic carbocycles. The van der Waals surface area contributed by atoms with Crippen LogP contribution in [0, 0.1) is 0 Å². The highest BCUT2D eigenvalue weighted by atomic mass is 16.5. The number of benzene rings is 1. The second-order valence-corrected chi connectivity index (χ2v) is 7.48. The Kier molecular flexibility index (Phi) is 6.64. The number of carbonyl (C=O) groups excluding carboxylic acids is 1. The molecule has 1 fully saturated rings. The average Bonchev–Trinajstić information content (AvgIpc) is 3.25. The van der Waals surface area contributed by atoms with Crippen molar-refractivity contribution in [1.29, 1.82) is 0 Å². The van der Waals surface area contributed by atoms with Gasteiger partial charge in [0.05, 0.1) is 11.9 Å². The molecule has 2 aromatic heterocycles. The number of pyridine rings is 1. The van der Waals surface area contributed by atoms with Gasteiger partial charge in [-0.2, -0.15) is 5.10 Å². The van der Waals surface area contributed by atoms with Crippen molar-refractivity contribution in [3.05, 3.63) is 72.2 Å². The summed E-state index contributed by atoms with van der Waals surface area (Å²) in [6, 6.07) is 13.8. The second kappa shape index (κ2) is 9.95. The van der Waals surface area contributed by atoms with Gasteiger partial charge in [-0.3, -0.25) is 14.5 Å². The number of guanidine groups is 1. The number of nitrogens with zero attached hydrogens (tertiary/aromatic N) is 6. The van der Waals surface area contributed by atoms with Crippen molar-refractivity contribution in [2.45, 2.75) is 13.2 Å². The molecule has 9 nitrogen and oxygen atoms in total. The van der Waals surface area contributed by atoms with E-state index in [9.17, 15) is 4.79 Å². The summed E-state index contributed by atoms with van der Waals surface area (Å²) in [5.74, 6) is 1.26. The molecule has 4 rings (SSSR count). The Morgan fingerprint density at radius 3 is 2.75 bits per heavy atom. The zero-order valence-corrected chi connectivity index (χ0v) is 18.3. The standard InChI is InChI=1S/C23H27N7O2/c1-24-23(29-11-12-30(21(31)16-29)20-14-27-28(2)15-20)26-13-19-9-6-10-25-22(19)32-17-18-7-4-3-5-8-18/h3-10,14-15H,11-13,16-17H2,1-2H3,(H,24,26). The van der Waals surface area contributed by atoms with Crippen LogP contribution in [0.3, 0.4) is 0 Å². The quantitative estimate of drug-likeness (QED) is 0.471. The molecule has 166 valence electrons. The van der Waals surface area contributed by atoms with E-state index < -0.39 is 0 Å². The van der Waals surface area contributed by atoms with E-state index in [4.69, 9.17) is 4.74 Å². The van der Waals surface area contributed by atoms with Gasteiger partial charge >= 0.3 is 0 Å². The Hall–Kier alpha value is -3.88. The number of rotatable bonds is 6. The molecule has 1 aliphatic heterocycles. The van der Waals surface area contributed by atoms with Gasteiger partial charge in [-0.25, -0.2) is 4.98 Å². The first-order chi connectivity index (χ1) is 15.6. The van der Waals surface area contributed by atoms with Crippen molar-refractivity contribution in [2.24, 2.45) is 12.0 Å². The molecule has 0 unspecified atom stereocenters. The molecule has 1 aromatic carbocycles. The Morgan fingerprint density at radius 1 is 1.19 bits per heavy atom. The third-order valence-electron chi connectivity index (χ3n) is 5.24. The van der Waals surface area contributed by atoms with E-state index in [0.29, 0.717) is 38.1 Å². The predicted molar refractivity (Wildman–Crippen MR) is 122 cm³/mol. The van der Waals surface area contributed by atoms with Gasteiger partial charge in [0.15, 0.2) is 5.96 Å². The number of carbonyl (C=O) groups is 1. The number of nitrogens with one attached hydrogen (secondary N) is 1. The van der Waals surface area contributed by atoms with Gasteiger partial charge in [0, 0.05) is 51.7 Å². The largest absolute Gasteiger partial charge is 0.473 e. The first-order valence-corrected chi connectivity index (χ1v) is 10.5. The number of aryl methyl sites for hydroxylation is 1. The highest BCUT2D eigenvalue weighted by Gasteiger charge is 2.27.